The fourth-order valence-corrected chi connectivity index (χ4v) is 6.65. The number of unbranched alkanes of at least 4 members (excludes halogenated alkanes) is 2. The Labute approximate surface area is 371 Å². The zero-order valence-electron chi connectivity index (χ0n) is 34.8. The van der Waals surface area contributed by atoms with Crippen LogP contribution in [-0.4, -0.2) is 200 Å². The third kappa shape index (κ3) is 23.3. The number of amides is 4. The molecule has 350 valence electrons. The van der Waals surface area contributed by atoms with Crippen molar-refractivity contribution in [3.8, 4) is 0 Å². The van der Waals surface area contributed by atoms with Crippen molar-refractivity contribution in [1.29, 1.82) is 0 Å². The zero-order valence-corrected chi connectivity index (χ0v) is 36.4. The van der Waals surface area contributed by atoms with E-state index in [2.05, 4.69) is 36.9 Å². The molecule has 0 saturated heterocycles. The lowest BCUT2D eigenvalue weighted by atomic mass is 10.1. The van der Waals surface area contributed by atoms with Crippen LogP contribution in [0.1, 0.15) is 56.9 Å². The number of urea groups is 1. The Hall–Kier alpha value is -5.72. The van der Waals surface area contributed by atoms with Gasteiger partial charge in [0, 0.05) is 76.2 Å². The van der Waals surface area contributed by atoms with Crippen molar-refractivity contribution in [3.63, 3.8) is 0 Å². The van der Waals surface area contributed by atoms with Gasteiger partial charge in [-0.25, -0.2) is 14.4 Å². The number of halogens is 1. The van der Waals surface area contributed by atoms with Crippen LogP contribution in [0.2, 0.25) is 0 Å². The van der Waals surface area contributed by atoms with Crippen LogP contribution in [0.4, 0.5) is 4.79 Å². The van der Waals surface area contributed by atoms with E-state index in [0.717, 1.165) is 10.0 Å². The Morgan fingerprint density at radius 2 is 1.19 bits per heavy atom. The molecular weight excluding hydrogens is 900 g/mol. The van der Waals surface area contributed by atoms with Crippen LogP contribution >= 0.6 is 15.9 Å². The van der Waals surface area contributed by atoms with Crippen molar-refractivity contribution in [2.24, 2.45) is 4.99 Å². The number of rotatable bonds is 26. The van der Waals surface area contributed by atoms with E-state index in [9.17, 15) is 68.7 Å². The van der Waals surface area contributed by atoms with E-state index in [0.29, 0.717) is 19.3 Å². The third-order valence-corrected chi connectivity index (χ3v) is 10.2. The van der Waals surface area contributed by atoms with E-state index in [4.69, 9.17) is 5.11 Å². The van der Waals surface area contributed by atoms with E-state index in [1.165, 1.54) is 4.90 Å². The minimum Gasteiger partial charge on any atom is -0.481 e. The van der Waals surface area contributed by atoms with Gasteiger partial charge in [-0.3, -0.25) is 48.5 Å². The summed E-state index contributed by atoms with van der Waals surface area (Å²) in [5.74, 6) is -8.28. The Bertz CT molecular complexity index is 1770. The van der Waals surface area contributed by atoms with Crippen LogP contribution in [0, 0.1) is 0 Å². The lowest BCUT2D eigenvalue weighted by Gasteiger charge is -2.29. The summed E-state index contributed by atoms with van der Waals surface area (Å²) in [5, 5.41) is 63.1. The highest BCUT2D eigenvalue weighted by Crippen LogP contribution is 2.15. The number of aliphatic imine (C=N–C) groups is 1. The van der Waals surface area contributed by atoms with Gasteiger partial charge in [0.05, 0.1) is 26.2 Å². The Kier molecular flexibility index (Phi) is 24.4. The minimum absolute atomic E-state index is 0.00907. The average molecular weight is 958 g/mol. The summed E-state index contributed by atoms with van der Waals surface area (Å²) in [5.41, 5.74) is 0.835. The molecule has 0 aliphatic carbocycles. The Morgan fingerprint density at radius 3 is 1.75 bits per heavy atom. The number of nitrogens with one attached hydrogen (secondary N) is 3. The maximum absolute atomic E-state index is 13.5. The van der Waals surface area contributed by atoms with Crippen molar-refractivity contribution >= 4 is 75.3 Å². The molecule has 2 atom stereocenters. The largest absolute Gasteiger partial charge is 0.481 e. The normalized spacial score (nSPS) is 15.3. The van der Waals surface area contributed by atoms with Gasteiger partial charge in [-0.2, -0.15) is 0 Å². The summed E-state index contributed by atoms with van der Waals surface area (Å²) in [4.78, 5) is 119. The number of carbonyl (C=O) groups is 9. The number of carboxylic acids is 6. The van der Waals surface area contributed by atoms with E-state index in [1.54, 1.807) is 14.7 Å². The average Bonchev–Trinajstić information content (AvgIpc) is 3.19. The monoisotopic (exact) mass is 956 g/mol. The number of hydrogen-bond acceptors (Lipinski definition) is 13. The highest BCUT2D eigenvalue weighted by Gasteiger charge is 2.26. The molecule has 0 bridgehead atoms. The van der Waals surface area contributed by atoms with Gasteiger partial charge in [0.25, 0.3) is 5.91 Å². The molecule has 1 heterocycles. The fraction of sp³-hybridized carbons (Fsp3) is 0.590. The summed E-state index contributed by atoms with van der Waals surface area (Å²) in [6.07, 6.45) is 0.429. The standard InChI is InChI=1S/C39H57BrN8O15/c40-27-9-7-26(8-10-27)21-48(15-4-2-5-28(37(59)60)43-39(63)44-29(38(61)62)11-12-32(50)51)31(49)6-1-3-13-42-36(58)30-22-47(25-35(56)57)20-19-46(24-34(54)55)18-17-45(16-14-41-30)23-33(52)53/h7-10,28-29H,1-6,11-25H2,(H,42,58)(H,50,51)(H,52,53)(H,54,55)(H,56,57)(H,59,60)(H,61,62)(H2,43,44,63). The van der Waals surface area contributed by atoms with Crippen LogP contribution in [0.5, 0.6) is 0 Å². The van der Waals surface area contributed by atoms with Gasteiger partial charge >= 0.3 is 41.8 Å². The van der Waals surface area contributed by atoms with Gasteiger partial charge in [0.2, 0.25) is 5.91 Å². The first-order chi connectivity index (χ1) is 29.8. The Balaban J connectivity index is 2.03. The minimum atomic E-state index is -1.55. The van der Waals surface area contributed by atoms with Gasteiger partial charge < -0.3 is 51.5 Å². The summed E-state index contributed by atoms with van der Waals surface area (Å²) < 4.78 is 0.832. The predicted molar refractivity (Wildman–Crippen MR) is 226 cm³/mol. The second-order valence-electron chi connectivity index (χ2n) is 14.8. The molecule has 0 radical (unpaired) electrons. The predicted octanol–water partition coefficient (Wildman–Crippen LogP) is -0.0807. The third-order valence-electron chi connectivity index (χ3n) is 9.66. The van der Waals surface area contributed by atoms with Crippen molar-refractivity contribution < 1.29 is 73.8 Å². The molecule has 0 spiro atoms. The maximum Gasteiger partial charge on any atom is 0.326 e. The number of hydrogen-bond donors (Lipinski definition) is 9. The molecule has 0 aromatic heterocycles. The number of aliphatic carboxylic acids is 6. The number of benzene rings is 1. The van der Waals surface area contributed by atoms with Gasteiger partial charge in [0.1, 0.15) is 17.8 Å². The highest BCUT2D eigenvalue weighted by molar-refractivity contribution is 9.10. The van der Waals surface area contributed by atoms with Crippen LogP contribution in [-0.2, 0) is 44.9 Å². The van der Waals surface area contributed by atoms with Crippen molar-refractivity contribution in [1.82, 2.24) is 35.6 Å². The SMILES string of the molecule is O=C(O)CCC(NC(=O)NC(CCCCN(Cc1ccc(Br)cc1)C(=O)CCCCNC(=O)C1=NCCN(CC(=O)O)CCN(CC(=O)O)CCN(CC(=O)O)C1)C(=O)O)C(=O)O. The molecule has 24 heteroatoms. The number of carboxylic acid groups (broad SMARTS) is 6. The quantitative estimate of drug-likeness (QED) is 0.0548. The molecule has 1 aromatic carbocycles. The smallest absolute Gasteiger partial charge is 0.326 e. The number of carbonyl (C=O) groups excluding carboxylic acids is 3. The molecule has 63 heavy (non-hydrogen) atoms. The first kappa shape index (κ1) is 53.4. The first-order valence-corrected chi connectivity index (χ1v) is 21.0. The molecule has 1 aliphatic heterocycles. The summed E-state index contributed by atoms with van der Waals surface area (Å²) in [6, 6.07) is 3.27. The molecule has 2 unspecified atom stereocenters. The molecule has 0 saturated carbocycles. The summed E-state index contributed by atoms with van der Waals surface area (Å²) in [7, 11) is 0. The molecule has 23 nitrogen and oxygen atoms in total. The van der Waals surface area contributed by atoms with Gasteiger partial charge in [-0.05, 0) is 56.2 Å². The summed E-state index contributed by atoms with van der Waals surface area (Å²) in [6.45, 7) is 0.114. The molecule has 4 amide bonds. The number of nitrogens with zero attached hydrogens (tertiary/aromatic N) is 5. The molecular formula is C39H57BrN8O15. The Morgan fingerprint density at radius 1 is 0.651 bits per heavy atom. The van der Waals surface area contributed by atoms with E-state index in [-0.39, 0.29) is 109 Å². The van der Waals surface area contributed by atoms with Gasteiger partial charge in [-0.15, -0.1) is 0 Å². The highest BCUT2D eigenvalue weighted by atomic mass is 79.9. The van der Waals surface area contributed by atoms with E-state index >= 15 is 0 Å². The van der Waals surface area contributed by atoms with Crippen LogP contribution in [0.3, 0.4) is 0 Å². The maximum atomic E-state index is 13.5. The zero-order chi connectivity index (χ0) is 46.9. The van der Waals surface area contributed by atoms with Crippen LogP contribution in [0.25, 0.3) is 0 Å². The van der Waals surface area contributed by atoms with Crippen molar-refractivity contribution in [3.05, 3.63) is 34.3 Å². The van der Waals surface area contributed by atoms with Crippen LogP contribution in [0.15, 0.2) is 33.7 Å². The van der Waals surface area contributed by atoms with Gasteiger partial charge in [-0.1, -0.05) is 28.1 Å². The van der Waals surface area contributed by atoms with Gasteiger partial charge in [0.15, 0.2) is 0 Å². The molecule has 1 aromatic rings. The second kappa shape index (κ2) is 28.8. The summed E-state index contributed by atoms with van der Waals surface area (Å²) >= 11 is 3.38. The lowest BCUT2D eigenvalue weighted by Crippen LogP contribution is -2.51. The topological polar surface area (TPSA) is 336 Å². The van der Waals surface area contributed by atoms with E-state index in [1.807, 2.05) is 24.3 Å². The van der Waals surface area contributed by atoms with Crippen molar-refractivity contribution in [2.75, 3.05) is 78.5 Å². The van der Waals surface area contributed by atoms with Crippen LogP contribution < -0.4 is 16.0 Å². The molecule has 9 N–H and O–H groups in total. The van der Waals surface area contributed by atoms with Crippen molar-refractivity contribution in [2.45, 2.75) is 70.0 Å². The first-order valence-electron chi connectivity index (χ1n) is 20.2. The van der Waals surface area contributed by atoms with E-state index < -0.39 is 79.2 Å². The second-order valence-corrected chi connectivity index (χ2v) is 15.7. The molecule has 2 rings (SSSR count). The molecule has 0 fully saturated rings. The fourth-order valence-electron chi connectivity index (χ4n) is 6.38. The molecule has 1 aliphatic rings. The lowest BCUT2D eigenvalue weighted by molar-refractivity contribution is -0.141.